The summed E-state index contributed by atoms with van der Waals surface area (Å²) in [7, 11) is 2.08. The van der Waals surface area contributed by atoms with E-state index in [9.17, 15) is 0 Å². The first kappa shape index (κ1) is 8.48. The highest BCUT2D eigenvalue weighted by Crippen LogP contribution is 2.27. The number of aryl methyl sites for hydroxylation is 2. The second kappa shape index (κ2) is 2.83. The fraction of sp³-hybridized carbons (Fsp3) is 0.154. The third kappa shape index (κ3) is 1.08. The van der Waals surface area contributed by atoms with Crippen LogP contribution in [0.1, 0.15) is 5.56 Å². The summed E-state index contributed by atoms with van der Waals surface area (Å²) in [6.45, 7) is 2.12. The van der Waals surface area contributed by atoms with E-state index in [1.807, 2.05) is 12.4 Å². The van der Waals surface area contributed by atoms with Crippen LogP contribution in [0.15, 0.2) is 36.7 Å². The van der Waals surface area contributed by atoms with Crippen LogP contribution >= 0.6 is 0 Å². The predicted molar refractivity (Wildman–Crippen MR) is 63.0 cm³/mol. The first-order valence-corrected chi connectivity index (χ1v) is 5.06. The Morgan fingerprint density at radius 2 is 1.93 bits per heavy atom. The molecule has 0 radical (unpaired) electrons. The van der Waals surface area contributed by atoms with Crippen LogP contribution in [0.5, 0.6) is 0 Å². The van der Waals surface area contributed by atoms with Crippen molar-refractivity contribution in [1.82, 2.24) is 9.55 Å². The van der Waals surface area contributed by atoms with E-state index in [1.54, 1.807) is 0 Å². The topological polar surface area (TPSA) is 17.8 Å². The Morgan fingerprint density at radius 1 is 1.07 bits per heavy atom. The Kier molecular flexibility index (Phi) is 1.60. The standard InChI is InChI=1S/C13H12N2/c1-9-3-4-12-11(7-9)10-5-6-14-8-13(10)15(12)2/h3-8H,1-2H3. The van der Waals surface area contributed by atoms with Crippen molar-refractivity contribution in [3.63, 3.8) is 0 Å². The Morgan fingerprint density at radius 3 is 2.80 bits per heavy atom. The van der Waals surface area contributed by atoms with Gasteiger partial charge in [-0.3, -0.25) is 4.98 Å². The number of nitrogens with zero attached hydrogens (tertiary/aromatic N) is 2. The number of hydrogen-bond acceptors (Lipinski definition) is 1. The minimum atomic E-state index is 1.19. The van der Waals surface area contributed by atoms with Crippen molar-refractivity contribution in [2.24, 2.45) is 7.05 Å². The maximum absolute atomic E-state index is 4.17. The summed E-state index contributed by atoms with van der Waals surface area (Å²) in [4.78, 5) is 4.17. The van der Waals surface area contributed by atoms with Gasteiger partial charge >= 0.3 is 0 Å². The lowest BCUT2D eigenvalue weighted by atomic mass is 10.1. The minimum absolute atomic E-state index is 1.19. The molecule has 0 aliphatic heterocycles. The van der Waals surface area contributed by atoms with E-state index >= 15 is 0 Å². The van der Waals surface area contributed by atoms with Crippen LogP contribution in [0.4, 0.5) is 0 Å². The van der Waals surface area contributed by atoms with Crippen LogP contribution in [-0.2, 0) is 7.05 Å². The molecular weight excluding hydrogens is 184 g/mol. The number of aromatic nitrogens is 2. The highest BCUT2D eigenvalue weighted by Gasteiger charge is 2.06. The largest absolute Gasteiger partial charge is 0.342 e. The van der Waals surface area contributed by atoms with Crippen LogP contribution in [-0.4, -0.2) is 9.55 Å². The molecule has 2 nitrogen and oxygen atoms in total. The molecule has 74 valence electrons. The van der Waals surface area contributed by atoms with Crippen LogP contribution < -0.4 is 0 Å². The molecule has 0 saturated heterocycles. The van der Waals surface area contributed by atoms with Gasteiger partial charge in [0.25, 0.3) is 0 Å². The van der Waals surface area contributed by atoms with Gasteiger partial charge in [0.2, 0.25) is 0 Å². The van der Waals surface area contributed by atoms with Gasteiger partial charge in [-0.15, -0.1) is 0 Å². The minimum Gasteiger partial charge on any atom is -0.342 e. The molecule has 0 N–H and O–H groups in total. The maximum atomic E-state index is 4.17. The molecule has 0 bridgehead atoms. The molecule has 2 heterocycles. The molecule has 0 atom stereocenters. The first-order valence-electron chi connectivity index (χ1n) is 5.06. The van der Waals surface area contributed by atoms with Gasteiger partial charge in [-0.25, -0.2) is 0 Å². The molecule has 1 aromatic carbocycles. The number of hydrogen-bond donors (Lipinski definition) is 0. The van der Waals surface area contributed by atoms with E-state index in [0.29, 0.717) is 0 Å². The highest BCUT2D eigenvalue weighted by molar-refractivity contribution is 6.07. The van der Waals surface area contributed by atoms with Crippen LogP contribution in [0.3, 0.4) is 0 Å². The molecule has 0 fully saturated rings. The molecule has 0 spiro atoms. The molecule has 3 aromatic rings. The zero-order valence-electron chi connectivity index (χ0n) is 8.86. The second-order valence-electron chi connectivity index (χ2n) is 3.97. The number of rotatable bonds is 0. The quantitative estimate of drug-likeness (QED) is 0.540. The number of fused-ring (bicyclic) bond motifs is 3. The summed E-state index contributed by atoms with van der Waals surface area (Å²) in [5, 5.41) is 2.60. The van der Waals surface area contributed by atoms with Crippen molar-refractivity contribution >= 4 is 21.8 Å². The molecule has 0 aliphatic carbocycles. The molecule has 0 saturated carbocycles. The molecule has 0 unspecified atom stereocenters. The Labute approximate surface area is 88.2 Å². The fourth-order valence-electron chi connectivity index (χ4n) is 2.17. The lowest BCUT2D eigenvalue weighted by molar-refractivity contribution is 1.01. The molecule has 0 amide bonds. The SMILES string of the molecule is Cc1ccc2c(c1)c1ccncc1n2C. The molecule has 0 aliphatic rings. The molecule has 2 heteroatoms. The summed E-state index contributed by atoms with van der Waals surface area (Å²) in [6.07, 6.45) is 3.77. The summed E-state index contributed by atoms with van der Waals surface area (Å²) in [5.74, 6) is 0. The summed E-state index contributed by atoms with van der Waals surface area (Å²) in [6, 6.07) is 8.63. The summed E-state index contributed by atoms with van der Waals surface area (Å²) in [5.41, 5.74) is 3.76. The summed E-state index contributed by atoms with van der Waals surface area (Å²) >= 11 is 0. The average molecular weight is 196 g/mol. The van der Waals surface area contributed by atoms with E-state index in [2.05, 4.69) is 47.8 Å². The van der Waals surface area contributed by atoms with Gasteiger partial charge in [0.15, 0.2) is 0 Å². The van der Waals surface area contributed by atoms with Crippen LogP contribution in [0, 0.1) is 6.92 Å². The third-order valence-corrected chi connectivity index (χ3v) is 2.96. The zero-order valence-corrected chi connectivity index (χ0v) is 8.86. The van der Waals surface area contributed by atoms with Crippen LogP contribution in [0.25, 0.3) is 21.8 Å². The lowest BCUT2D eigenvalue weighted by Crippen LogP contribution is -1.86. The normalized spacial score (nSPS) is 11.3. The smallest absolute Gasteiger partial charge is 0.0675 e. The van der Waals surface area contributed by atoms with Crippen molar-refractivity contribution in [2.75, 3.05) is 0 Å². The second-order valence-corrected chi connectivity index (χ2v) is 3.97. The van der Waals surface area contributed by atoms with Gasteiger partial charge in [0.05, 0.1) is 11.7 Å². The monoisotopic (exact) mass is 196 g/mol. The molecular formula is C13H12N2. The fourth-order valence-corrected chi connectivity index (χ4v) is 2.17. The van der Waals surface area contributed by atoms with Gasteiger partial charge in [0.1, 0.15) is 0 Å². The highest BCUT2D eigenvalue weighted by atomic mass is 14.9. The van der Waals surface area contributed by atoms with Crippen molar-refractivity contribution in [1.29, 1.82) is 0 Å². The lowest BCUT2D eigenvalue weighted by Gasteiger charge is -1.97. The van der Waals surface area contributed by atoms with E-state index in [4.69, 9.17) is 0 Å². The van der Waals surface area contributed by atoms with E-state index in [1.165, 1.54) is 27.4 Å². The van der Waals surface area contributed by atoms with E-state index in [-0.39, 0.29) is 0 Å². The Bertz CT molecular complexity index is 650. The van der Waals surface area contributed by atoms with Crippen molar-refractivity contribution in [3.8, 4) is 0 Å². The predicted octanol–water partition coefficient (Wildman–Crippen LogP) is 3.03. The third-order valence-electron chi connectivity index (χ3n) is 2.96. The van der Waals surface area contributed by atoms with Crippen molar-refractivity contribution < 1.29 is 0 Å². The molecule has 15 heavy (non-hydrogen) atoms. The van der Waals surface area contributed by atoms with Crippen molar-refractivity contribution in [2.45, 2.75) is 6.92 Å². The number of pyridine rings is 1. The van der Waals surface area contributed by atoms with E-state index < -0.39 is 0 Å². The Hall–Kier alpha value is -1.83. The molecule has 3 rings (SSSR count). The maximum Gasteiger partial charge on any atom is 0.0675 e. The van der Waals surface area contributed by atoms with E-state index in [0.717, 1.165) is 0 Å². The summed E-state index contributed by atoms with van der Waals surface area (Å²) < 4.78 is 2.19. The van der Waals surface area contributed by atoms with Crippen molar-refractivity contribution in [3.05, 3.63) is 42.2 Å². The van der Waals surface area contributed by atoms with Gasteiger partial charge < -0.3 is 4.57 Å². The van der Waals surface area contributed by atoms with Gasteiger partial charge in [-0.2, -0.15) is 0 Å². The first-order chi connectivity index (χ1) is 7.27. The molecule has 2 aromatic heterocycles. The zero-order chi connectivity index (χ0) is 10.4. The number of benzene rings is 1. The van der Waals surface area contributed by atoms with Crippen LogP contribution in [0.2, 0.25) is 0 Å². The van der Waals surface area contributed by atoms with Gasteiger partial charge in [-0.05, 0) is 25.1 Å². The average Bonchev–Trinajstić information content (AvgIpc) is 2.54. The van der Waals surface area contributed by atoms with Gasteiger partial charge in [-0.1, -0.05) is 11.6 Å². The van der Waals surface area contributed by atoms with Gasteiger partial charge in [0, 0.05) is 29.5 Å². The Balaban J connectivity index is 2.64.